The summed E-state index contributed by atoms with van der Waals surface area (Å²) in [5, 5.41) is 0.567. The number of hydrogen-bond donors (Lipinski definition) is 0. The van der Waals surface area contributed by atoms with Gasteiger partial charge in [-0.2, -0.15) is 0 Å². The van der Waals surface area contributed by atoms with Crippen LogP contribution in [0.5, 0.6) is 0 Å². The molecule has 0 N–H and O–H groups in total. The molecule has 0 saturated heterocycles. The van der Waals surface area contributed by atoms with E-state index >= 15 is 0 Å². The zero-order chi connectivity index (χ0) is 12.6. The van der Waals surface area contributed by atoms with E-state index in [-0.39, 0.29) is 26.5 Å². The summed E-state index contributed by atoms with van der Waals surface area (Å²) in [6.07, 6.45) is 0. The highest BCUT2D eigenvalue weighted by Gasteiger charge is 2.14. The third-order valence-electron chi connectivity index (χ3n) is 2.07. The monoisotopic (exact) mass is 353 g/mol. The number of hydrogen-bond acceptors (Lipinski definition) is 1. The van der Waals surface area contributed by atoms with Crippen molar-refractivity contribution in [2.75, 3.05) is 0 Å². The average Bonchev–Trinajstić information content (AvgIpc) is 2.27. The summed E-state index contributed by atoms with van der Waals surface area (Å²) in [4.78, 5) is 3.99. The minimum absolute atomic E-state index is 0.0884. The summed E-state index contributed by atoms with van der Waals surface area (Å²) in [5.74, 6) is -0.430. The van der Waals surface area contributed by atoms with Crippen molar-refractivity contribution in [2.45, 2.75) is 0 Å². The topological polar surface area (TPSA) is 12.9 Å². The standard InChI is InChI=1S/C11H4BrCl3FN/c12-5-1-2-9(16)6(3-5)10-7(13)4-8(14)11(15)17-10/h1-4H. The van der Waals surface area contributed by atoms with Gasteiger partial charge in [0.15, 0.2) is 0 Å². The zero-order valence-electron chi connectivity index (χ0n) is 8.15. The molecule has 0 saturated carbocycles. The maximum absolute atomic E-state index is 13.7. The Bertz CT molecular complexity index is 589. The van der Waals surface area contributed by atoms with E-state index in [1.54, 1.807) is 12.1 Å². The van der Waals surface area contributed by atoms with Gasteiger partial charge in [-0.1, -0.05) is 50.7 Å². The highest BCUT2D eigenvalue weighted by atomic mass is 79.9. The number of nitrogens with zero attached hydrogens (tertiary/aromatic N) is 1. The molecule has 0 spiro atoms. The van der Waals surface area contributed by atoms with Gasteiger partial charge in [0.2, 0.25) is 0 Å². The number of pyridine rings is 1. The minimum atomic E-state index is -0.430. The summed E-state index contributed by atoms with van der Waals surface area (Å²) in [7, 11) is 0. The van der Waals surface area contributed by atoms with E-state index in [1.165, 1.54) is 12.1 Å². The van der Waals surface area contributed by atoms with Crippen molar-refractivity contribution in [1.29, 1.82) is 0 Å². The first-order valence-electron chi connectivity index (χ1n) is 4.46. The van der Waals surface area contributed by atoms with Crippen LogP contribution < -0.4 is 0 Å². The molecule has 2 aromatic rings. The quantitative estimate of drug-likeness (QED) is 0.606. The third kappa shape index (κ3) is 2.74. The molecule has 1 aromatic carbocycles. The van der Waals surface area contributed by atoms with Gasteiger partial charge in [-0.05, 0) is 24.3 Å². The fraction of sp³-hybridized carbons (Fsp3) is 0. The largest absolute Gasteiger partial charge is 0.233 e. The predicted octanol–water partition coefficient (Wildman–Crippen LogP) is 5.61. The number of halogens is 5. The Morgan fingerprint density at radius 2 is 1.76 bits per heavy atom. The highest BCUT2D eigenvalue weighted by molar-refractivity contribution is 9.10. The maximum atomic E-state index is 13.7. The summed E-state index contributed by atoms with van der Waals surface area (Å²) in [5.41, 5.74) is 0.530. The van der Waals surface area contributed by atoms with E-state index in [0.717, 1.165) is 4.47 Å². The maximum Gasteiger partial charge on any atom is 0.148 e. The van der Waals surface area contributed by atoms with Crippen molar-refractivity contribution in [3.05, 3.63) is 49.8 Å². The Morgan fingerprint density at radius 3 is 2.47 bits per heavy atom. The molecule has 17 heavy (non-hydrogen) atoms. The molecule has 0 radical (unpaired) electrons. The van der Waals surface area contributed by atoms with E-state index in [1.807, 2.05) is 0 Å². The van der Waals surface area contributed by atoms with Crippen LogP contribution in [0.15, 0.2) is 28.7 Å². The van der Waals surface area contributed by atoms with Gasteiger partial charge in [-0.3, -0.25) is 0 Å². The lowest BCUT2D eigenvalue weighted by Gasteiger charge is -2.07. The molecular weight excluding hydrogens is 351 g/mol. The summed E-state index contributed by atoms with van der Waals surface area (Å²) in [6.45, 7) is 0. The second-order valence-electron chi connectivity index (χ2n) is 3.22. The van der Waals surface area contributed by atoms with E-state index in [4.69, 9.17) is 34.8 Å². The average molecular weight is 355 g/mol. The smallest absolute Gasteiger partial charge is 0.148 e. The van der Waals surface area contributed by atoms with Gasteiger partial charge in [0.25, 0.3) is 0 Å². The van der Waals surface area contributed by atoms with Crippen LogP contribution in [0, 0.1) is 5.82 Å². The van der Waals surface area contributed by atoms with Crippen molar-refractivity contribution in [3.63, 3.8) is 0 Å². The molecule has 1 heterocycles. The van der Waals surface area contributed by atoms with Crippen molar-refractivity contribution in [1.82, 2.24) is 4.98 Å². The predicted molar refractivity (Wildman–Crippen MR) is 72.4 cm³/mol. The Morgan fingerprint density at radius 1 is 1.06 bits per heavy atom. The fourth-order valence-electron chi connectivity index (χ4n) is 1.31. The second kappa shape index (κ2) is 5.11. The molecule has 88 valence electrons. The van der Waals surface area contributed by atoms with Gasteiger partial charge in [0, 0.05) is 10.0 Å². The molecule has 2 rings (SSSR count). The van der Waals surface area contributed by atoms with E-state index in [2.05, 4.69) is 20.9 Å². The molecule has 0 aliphatic carbocycles. The molecule has 0 bridgehead atoms. The van der Waals surface area contributed by atoms with Gasteiger partial charge in [-0.25, -0.2) is 9.37 Å². The fourth-order valence-corrected chi connectivity index (χ4v) is 2.27. The summed E-state index contributed by atoms with van der Waals surface area (Å²) in [6, 6.07) is 5.92. The summed E-state index contributed by atoms with van der Waals surface area (Å²) >= 11 is 20.8. The molecule has 0 fully saturated rings. The first kappa shape index (κ1) is 13.1. The van der Waals surface area contributed by atoms with E-state index in [9.17, 15) is 4.39 Å². The zero-order valence-corrected chi connectivity index (χ0v) is 12.0. The van der Waals surface area contributed by atoms with Crippen LogP contribution >= 0.6 is 50.7 Å². The second-order valence-corrected chi connectivity index (χ2v) is 5.30. The van der Waals surface area contributed by atoms with Crippen molar-refractivity contribution < 1.29 is 4.39 Å². The van der Waals surface area contributed by atoms with Crippen LogP contribution in [0.2, 0.25) is 15.2 Å². The molecule has 0 amide bonds. The molecule has 0 aliphatic rings. The van der Waals surface area contributed by atoms with Crippen molar-refractivity contribution >= 4 is 50.7 Å². The van der Waals surface area contributed by atoms with Crippen LogP contribution in [0.25, 0.3) is 11.3 Å². The molecule has 6 heteroatoms. The SMILES string of the molecule is Fc1ccc(Br)cc1-c1nc(Cl)c(Cl)cc1Cl. The summed E-state index contributed by atoms with van der Waals surface area (Å²) < 4.78 is 14.4. The van der Waals surface area contributed by atoms with Gasteiger partial charge < -0.3 is 0 Å². The van der Waals surface area contributed by atoms with Crippen molar-refractivity contribution in [3.8, 4) is 11.3 Å². The van der Waals surface area contributed by atoms with Gasteiger partial charge in [0.1, 0.15) is 11.0 Å². The Balaban J connectivity index is 2.68. The lowest BCUT2D eigenvalue weighted by atomic mass is 10.1. The normalized spacial score (nSPS) is 10.6. The van der Waals surface area contributed by atoms with E-state index in [0.29, 0.717) is 0 Å². The van der Waals surface area contributed by atoms with Crippen LogP contribution in [0.4, 0.5) is 4.39 Å². The lowest BCUT2D eigenvalue weighted by Crippen LogP contribution is -1.91. The minimum Gasteiger partial charge on any atom is -0.233 e. The molecule has 1 aromatic heterocycles. The van der Waals surface area contributed by atoms with Crippen LogP contribution in [0.1, 0.15) is 0 Å². The molecular formula is C11H4BrCl3FN. The Kier molecular flexibility index (Phi) is 3.93. The van der Waals surface area contributed by atoms with Crippen molar-refractivity contribution in [2.24, 2.45) is 0 Å². The highest BCUT2D eigenvalue weighted by Crippen LogP contribution is 2.34. The van der Waals surface area contributed by atoms with Crippen LogP contribution in [-0.4, -0.2) is 4.98 Å². The van der Waals surface area contributed by atoms with Crippen LogP contribution in [0.3, 0.4) is 0 Å². The number of rotatable bonds is 1. The third-order valence-corrected chi connectivity index (χ3v) is 3.52. The number of aromatic nitrogens is 1. The molecule has 0 unspecified atom stereocenters. The van der Waals surface area contributed by atoms with Gasteiger partial charge in [-0.15, -0.1) is 0 Å². The number of benzene rings is 1. The lowest BCUT2D eigenvalue weighted by molar-refractivity contribution is 0.630. The van der Waals surface area contributed by atoms with Crippen LogP contribution in [-0.2, 0) is 0 Å². The van der Waals surface area contributed by atoms with Gasteiger partial charge >= 0.3 is 0 Å². The first-order valence-corrected chi connectivity index (χ1v) is 6.38. The Hall–Kier alpha value is -0.350. The molecule has 1 nitrogen and oxygen atoms in total. The Labute approximate surface area is 121 Å². The molecule has 0 atom stereocenters. The van der Waals surface area contributed by atoms with Gasteiger partial charge in [0.05, 0.1) is 15.7 Å². The molecule has 0 aliphatic heterocycles. The van der Waals surface area contributed by atoms with E-state index < -0.39 is 5.82 Å². The first-order chi connectivity index (χ1) is 7.99.